The van der Waals surface area contributed by atoms with Crippen LogP contribution >= 0.6 is 0 Å². The maximum atomic E-state index is 12.2. The number of esters is 1. The van der Waals surface area contributed by atoms with Crippen molar-refractivity contribution in [3.05, 3.63) is 41.5 Å². The van der Waals surface area contributed by atoms with Gasteiger partial charge in [0.05, 0.1) is 21.3 Å². The Morgan fingerprint density at radius 3 is 2.30 bits per heavy atom. The average Bonchev–Trinajstić information content (AvgIpc) is 3.32. The number of nitrogens with one attached hydrogen (secondary N) is 2. The second kappa shape index (κ2) is 10.9. The van der Waals surface area contributed by atoms with E-state index < -0.39 is 30.9 Å². The van der Waals surface area contributed by atoms with Crippen LogP contribution in [0, 0.1) is 0 Å². The van der Waals surface area contributed by atoms with Gasteiger partial charge in [-0.2, -0.15) is 0 Å². The molecule has 176 valence electrons. The van der Waals surface area contributed by atoms with Gasteiger partial charge in [-0.05, 0) is 24.3 Å². The Morgan fingerprint density at radius 1 is 0.879 bits per heavy atom. The van der Waals surface area contributed by atoms with Crippen LogP contribution in [-0.4, -0.2) is 59.1 Å². The van der Waals surface area contributed by atoms with Crippen LogP contribution in [0.25, 0.3) is 0 Å². The zero-order valence-electron chi connectivity index (χ0n) is 18.4. The molecule has 2 aromatic carbocycles. The highest BCUT2D eigenvalue weighted by molar-refractivity contribution is 5.96. The van der Waals surface area contributed by atoms with Gasteiger partial charge in [-0.15, -0.1) is 0 Å². The minimum Gasteiger partial charge on any atom is -0.496 e. The molecule has 0 bridgehead atoms. The van der Waals surface area contributed by atoms with Crippen molar-refractivity contribution in [2.75, 3.05) is 41.3 Å². The van der Waals surface area contributed by atoms with E-state index in [0.29, 0.717) is 39.9 Å². The molecule has 0 spiro atoms. The molecule has 0 radical (unpaired) electrons. The van der Waals surface area contributed by atoms with Gasteiger partial charge in [0.25, 0.3) is 11.8 Å². The van der Waals surface area contributed by atoms with Crippen molar-refractivity contribution in [2.24, 2.45) is 0 Å². The number of amides is 2. The van der Waals surface area contributed by atoms with Crippen LogP contribution in [-0.2, 0) is 20.9 Å². The zero-order chi connectivity index (χ0) is 23.8. The molecule has 2 aromatic rings. The molecule has 1 aliphatic heterocycles. The number of hydrogen-bond acceptors (Lipinski definition) is 9. The van der Waals surface area contributed by atoms with E-state index in [1.807, 2.05) is 0 Å². The van der Waals surface area contributed by atoms with Gasteiger partial charge < -0.3 is 39.1 Å². The first kappa shape index (κ1) is 23.5. The Hall–Kier alpha value is -4.15. The molecule has 1 aliphatic rings. The van der Waals surface area contributed by atoms with Crippen LogP contribution in [0.4, 0.5) is 0 Å². The summed E-state index contributed by atoms with van der Waals surface area (Å²) in [6.45, 7) is -0.702. The van der Waals surface area contributed by atoms with E-state index in [0.717, 1.165) is 0 Å². The summed E-state index contributed by atoms with van der Waals surface area (Å²) in [6.07, 6.45) is 0. The summed E-state index contributed by atoms with van der Waals surface area (Å²) in [6, 6.07) is 7.98. The summed E-state index contributed by atoms with van der Waals surface area (Å²) in [4.78, 5) is 36.1. The van der Waals surface area contributed by atoms with Crippen molar-refractivity contribution >= 4 is 17.8 Å². The predicted molar refractivity (Wildman–Crippen MR) is 114 cm³/mol. The third kappa shape index (κ3) is 5.97. The molecule has 0 unspecified atom stereocenters. The first-order chi connectivity index (χ1) is 15.9. The summed E-state index contributed by atoms with van der Waals surface area (Å²) in [5.74, 6) is 0.681. The predicted octanol–water partition coefficient (Wildman–Crippen LogP) is 1.03. The van der Waals surface area contributed by atoms with E-state index in [1.165, 1.54) is 27.4 Å². The van der Waals surface area contributed by atoms with Gasteiger partial charge in [0.2, 0.25) is 6.79 Å². The van der Waals surface area contributed by atoms with Gasteiger partial charge in [-0.3, -0.25) is 14.4 Å². The van der Waals surface area contributed by atoms with Crippen molar-refractivity contribution in [3.63, 3.8) is 0 Å². The monoisotopic (exact) mass is 460 g/mol. The van der Waals surface area contributed by atoms with E-state index in [9.17, 15) is 14.4 Å². The number of benzene rings is 2. The highest BCUT2D eigenvalue weighted by Crippen LogP contribution is 2.34. The molecule has 33 heavy (non-hydrogen) atoms. The topological polar surface area (TPSA) is 131 Å². The van der Waals surface area contributed by atoms with E-state index >= 15 is 0 Å². The van der Waals surface area contributed by atoms with Crippen molar-refractivity contribution in [3.8, 4) is 28.7 Å². The molecule has 1 heterocycles. The molecule has 0 aromatic heterocycles. The molecule has 0 saturated carbocycles. The normalized spacial score (nSPS) is 11.4. The zero-order valence-corrected chi connectivity index (χ0v) is 18.4. The van der Waals surface area contributed by atoms with Crippen molar-refractivity contribution in [1.82, 2.24) is 10.6 Å². The minimum absolute atomic E-state index is 0.0909. The van der Waals surface area contributed by atoms with Crippen LogP contribution < -0.4 is 34.3 Å². The number of rotatable bonds is 10. The number of ether oxygens (including phenoxy) is 6. The lowest BCUT2D eigenvalue weighted by atomic mass is 10.1. The summed E-state index contributed by atoms with van der Waals surface area (Å²) in [5, 5.41) is 5.05. The number of carbonyl (C=O) groups is 3. The summed E-state index contributed by atoms with van der Waals surface area (Å²) >= 11 is 0. The lowest BCUT2D eigenvalue weighted by molar-refractivity contribution is -0.147. The Balaban J connectivity index is 1.43. The fourth-order valence-electron chi connectivity index (χ4n) is 2.96. The molecule has 0 saturated heterocycles. The van der Waals surface area contributed by atoms with Gasteiger partial charge in [-0.1, -0.05) is 0 Å². The maximum Gasteiger partial charge on any atom is 0.325 e. The SMILES string of the molecule is COc1cc(OC)c(OC)cc1CNC(=O)COC(=O)CNC(=O)c1ccc2c(c1)OCO2. The van der Waals surface area contributed by atoms with Crippen molar-refractivity contribution in [1.29, 1.82) is 0 Å². The van der Waals surface area contributed by atoms with Gasteiger partial charge in [0.15, 0.2) is 29.6 Å². The molecule has 11 nitrogen and oxygen atoms in total. The number of fused-ring (bicyclic) bond motifs is 1. The largest absolute Gasteiger partial charge is 0.496 e. The molecule has 2 N–H and O–H groups in total. The average molecular weight is 460 g/mol. The highest BCUT2D eigenvalue weighted by atomic mass is 16.7. The van der Waals surface area contributed by atoms with E-state index in [-0.39, 0.29) is 13.3 Å². The second-order valence-electron chi connectivity index (χ2n) is 6.71. The Labute approximate surface area is 189 Å². The second-order valence-corrected chi connectivity index (χ2v) is 6.71. The van der Waals surface area contributed by atoms with Gasteiger partial charge in [-0.25, -0.2) is 0 Å². The third-order valence-corrected chi connectivity index (χ3v) is 4.65. The molecule has 3 rings (SSSR count). The Kier molecular flexibility index (Phi) is 7.79. The minimum atomic E-state index is -0.761. The molecule has 0 fully saturated rings. The number of methoxy groups -OCH3 is 3. The maximum absolute atomic E-state index is 12.2. The molecular weight excluding hydrogens is 436 g/mol. The van der Waals surface area contributed by atoms with Crippen molar-refractivity contribution in [2.45, 2.75) is 6.54 Å². The van der Waals surface area contributed by atoms with Gasteiger partial charge in [0.1, 0.15) is 12.3 Å². The summed E-state index contributed by atoms with van der Waals surface area (Å²) in [7, 11) is 4.49. The molecule has 11 heteroatoms. The van der Waals surface area contributed by atoms with Crippen LogP contribution in [0.1, 0.15) is 15.9 Å². The summed E-state index contributed by atoms with van der Waals surface area (Å²) < 4.78 is 31.1. The Morgan fingerprint density at radius 2 is 1.58 bits per heavy atom. The lowest BCUT2D eigenvalue weighted by Gasteiger charge is -2.14. The Bertz CT molecular complexity index is 1040. The van der Waals surface area contributed by atoms with Crippen molar-refractivity contribution < 1.29 is 42.8 Å². The fraction of sp³-hybridized carbons (Fsp3) is 0.318. The van der Waals surface area contributed by atoms with E-state index in [4.69, 9.17) is 28.4 Å². The van der Waals surface area contributed by atoms with Crippen LogP contribution in [0.2, 0.25) is 0 Å². The molecular formula is C22H24N2O9. The first-order valence-electron chi connectivity index (χ1n) is 9.84. The molecule has 0 aliphatic carbocycles. The van der Waals surface area contributed by atoms with Crippen LogP contribution in [0.15, 0.2) is 30.3 Å². The first-order valence-corrected chi connectivity index (χ1v) is 9.84. The van der Waals surface area contributed by atoms with E-state index in [1.54, 1.807) is 24.3 Å². The standard InChI is InChI=1S/C22H24N2O9/c1-28-16-8-18(30-3)17(29-2)7-14(16)9-23-20(25)11-31-21(26)10-24-22(27)13-4-5-15-19(6-13)33-12-32-15/h4-8H,9-12H2,1-3H3,(H,23,25)(H,24,27). The number of carbonyl (C=O) groups excluding carboxylic acids is 3. The fourth-order valence-corrected chi connectivity index (χ4v) is 2.96. The summed E-state index contributed by atoms with van der Waals surface area (Å²) in [5.41, 5.74) is 0.944. The lowest BCUT2D eigenvalue weighted by Crippen LogP contribution is -2.33. The third-order valence-electron chi connectivity index (χ3n) is 4.65. The highest BCUT2D eigenvalue weighted by Gasteiger charge is 2.17. The molecule has 2 amide bonds. The van der Waals surface area contributed by atoms with Gasteiger partial charge in [0, 0.05) is 23.7 Å². The van der Waals surface area contributed by atoms with Crippen LogP contribution in [0.3, 0.4) is 0 Å². The van der Waals surface area contributed by atoms with Crippen LogP contribution in [0.5, 0.6) is 28.7 Å². The quantitative estimate of drug-likeness (QED) is 0.499. The smallest absolute Gasteiger partial charge is 0.325 e. The number of hydrogen-bond donors (Lipinski definition) is 2. The van der Waals surface area contributed by atoms with Gasteiger partial charge >= 0.3 is 5.97 Å². The molecule has 0 atom stereocenters. The van der Waals surface area contributed by atoms with E-state index in [2.05, 4.69) is 10.6 Å².